The fraction of sp³-hybridized carbons (Fsp3) is 0.423. The highest BCUT2D eigenvalue weighted by molar-refractivity contribution is 5.99. The average Bonchev–Trinajstić information content (AvgIpc) is 2.62. The Morgan fingerprint density at radius 2 is 1.90 bits per heavy atom. The van der Waals surface area contributed by atoms with Crippen LogP contribution in [0.4, 0.5) is 5.69 Å². The molecule has 0 radical (unpaired) electrons. The van der Waals surface area contributed by atoms with Gasteiger partial charge in [-0.15, -0.1) is 0 Å². The van der Waals surface area contributed by atoms with E-state index in [1.54, 1.807) is 30.3 Å². The molecule has 0 heterocycles. The van der Waals surface area contributed by atoms with Crippen LogP contribution >= 0.6 is 0 Å². The number of hydrogen-bond acceptors (Lipinski definition) is 2. The van der Waals surface area contributed by atoms with Gasteiger partial charge in [-0.3, -0.25) is 4.79 Å². The minimum Gasteiger partial charge on any atom is -0.508 e. The van der Waals surface area contributed by atoms with Crippen molar-refractivity contribution in [3.05, 3.63) is 70.9 Å². The number of aromatic hydroxyl groups is 1. The topological polar surface area (TPSA) is 49.3 Å². The Kier molecular flexibility index (Phi) is 8.07. The standard InChI is InChI=1S/C26H35NO2/c1-19(11-16-24-21(3)10-7-17-26(24,4)5)8-6-9-20(2)18-25(29)27-22-12-14-23(28)15-13-22/h8,11-16,18,28H,6-7,9-10,17H2,1-5H3,(H,27,29)/b16-11+,19-8+,20-18+. The van der Waals surface area contributed by atoms with Gasteiger partial charge in [-0.1, -0.05) is 48.8 Å². The van der Waals surface area contributed by atoms with Gasteiger partial charge in [0.2, 0.25) is 5.91 Å². The van der Waals surface area contributed by atoms with Gasteiger partial charge in [0.25, 0.3) is 0 Å². The third kappa shape index (κ3) is 7.41. The van der Waals surface area contributed by atoms with E-state index >= 15 is 0 Å². The minimum absolute atomic E-state index is 0.143. The van der Waals surface area contributed by atoms with E-state index in [-0.39, 0.29) is 17.1 Å². The van der Waals surface area contributed by atoms with Gasteiger partial charge in [0.1, 0.15) is 5.75 Å². The van der Waals surface area contributed by atoms with E-state index in [2.05, 4.69) is 51.2 Å². The van der Waals surface area contributed by atoms with Gasteiger partial charge in [0.05, 0.1) is 0 Å². The van der Waals surface area contributed by atoms with E-state index in [1.165, 1.54) is 36.0 Å². The molecule has 1 aromatic rings. The molecule has 1 aliphatic rings. The molecule has 0 aliphatic heterocycles. The molecule has 2 rings (SSSR count). The summed E-state index contributed by atoms with van der Waals surface area (Å²) in [7, 11) is 0. The van der Waals surface area contributed by atoms with E-state index in [9.17, 15) is 9.90 Å². The van der Waals surface area contributed by atoms with Crippen LogP contribution in [0.3, 0.4) is 0 Å². The summed E-state index contributed by atoms with van der Waals surface area (Å²) in [6.07, 6.45) is 13.9. The number of rotatable bonds is 7. The molecule has 3 heteroatoms. The second kappa shape index (κ2) is 10.3. The van der Waals surface area contributed by atoms with Crippen molar-refractivity contribution in [1.29, 1.82) is 0 Å². The molecular weight excluding hydrogens is 358 g/mol. The Hall–Kier alpha value is -2.55. The molecule has 0 unspecified atom stereocenters. The summed E-state index contributed by atoms with van der Waals surface area (Å²) in [6.45, 7) is 11.1. The molecule has 0 saturated carbocycles. The van der Waals surface area contributed by atoms with Crippen LogP contribution in [0.1, 0.15) is 66.7 Å². The van der Waals surface area contributed by atoms with Crippen LogP contribution in [0, 0.1) is 5.41 Å². The third-order valence-corrected chi connectivity index (χ3v) is 5.57. The number of hydrogen-bond donors (Lipinski definition) is 2. The van der Waals surface area contributed by atoms with Crippen LogP contribution in [0.25, 0.3) is 0 Å². The summed E-state index contributed by atoms with van der Waals surface area (Å²) < 4.78 is 0. The molecule has 1 aliphatic carbocycles. The second-order valence-corrected chi connectivity index (χ2v) is 8.78. The van der Waals surface area contributed by atoms with Crippen molar-refractivity contribution in [2.24, 2.45) is 5.41 Å². The van der Waals surface area contributed by atoms with E-state index in [0.717, 1.165) is 18.4 Å². The molecule has 0 saturated heterocycles. The van der Waals surface area contributed by atoms with Gasteiger partial charge in [-0.05, 0) is 88.1 Å². The van der Waals surface area contributed by atoms with Gasteiger partial charge in [-0.25, -0.2) is 0 Å². The lowest BCUT2D eigenvalue weighted by molar-refractivity contribution is -0.112. The normalized spacial score (nSPS) is 17.7. The molecule has 0 bridgehead atoms. The Morgan fingerprint density at radius 3 is 2.55 bits per heavy atom. The first-order valence-corrected chi connectivity index (χ1v) is 10.5. The van der Waals surface area contributed by atoms with E-state index < -0.39 is 0 Å². The maximum absolute atomic E-state index is 12.1. The number of phenolic OH excluding ortho intramolecular Hbond substituents is 1. The van der Waals surface area contributed by atoms with Gasteiger partial charge in [0.15, 0.2) is 0 Å². The number of carbonyl (C=O) groups excluding carboxylic acids is 1. The van der Waals surface area contributed by atoms with Crippen LogP contribution in [-0.2, 0) is 4.79 Å². The lowest BCUT2D eigenvalue weighted by atomic mass is 9.72. The molecule has 0 aromatic heterocycles. The number of amides is 1. The minimum atomic E-state index is -0.143. The summed E-state index contributed by atoms with van der Waals surface area (Å²) >= 11 is 0. The highest BCUT2D eigenvalue weighted by atomic mass is 16.3. The maximum atomic E-state index is 12.1. The fourth-order valence-corrected chi connectivity index (χ4v) is 3.84. The molecule has 29 heavy (non-hydrogen) atoms. The Labute approximate surface area is 175 Å². The molecular formula is C26H35NO2. The predicted molar refractivity (Wildman–Crippen MR) is 123 cm³/mol. The van der Waals surface area contributed by atoms with Crippen molar-refractivity contribution in [2.75, 3.05) is 5.32 Å². The van der Waals surface area contributed by atoms with Crippen LogP contribution in [0.2, 0.25) is 0 Å². The quantitative estimate of drug-likeness (QED) is 0.295. The summed E-state index contributed by atoms with van der Waals surface area (Å²) in [4.78, 5) is 12.1. The summed E-state index contributed by atoms with van der Waals surface area (Å²) in [5.74, 6) is 0.0418. The van der Waals surface area contributed by atoms with E-state index in [0.29, 0.717) is 5.69 Å². The first-order chi connectivity index (χ1) is 13.7. The van der Waals surface area contributed by atoms with Crippen molar-refractivity contribution < 1.29 is 9.90 Å². The summed E-state index contributed by atoms with van der Waals surface area (Å²) in [5.41, 5.74) is 6.24. The number of carbonyl (C=O) groups is 1. The average molecular weight is 394 g/mol. The summed E-state index contributed by atoms with van der Waals surface area (Å²) in [5, 5.41) is 12.1. The largest absolute Gasteiger partial charge is 0.508 e. The van der Waals surface area contributed by atoms with Crippen molar-refractivity contribution >= 4 is 11.6 Å². The van der Waals surface area contributed by atoms with E-state index in [4.69, 9.17) is 0 Å². The molecule has 3 nitrogen and oxygen atoms in total. The Morgan fingerprint density at radius 1 is 1.21 bits per heavy atom. The molecule has 0 atom stereocenters. The Bertz CT molecular complexity index is 836. The van der Waals surface area contributed by atoms with Gasteiger partial charge >= 0.3 is 0 Å². The number of benzene rings is 1. The molecule has 1 amide bonds. The smallest absolute Gasteiger partial charge is 0.248 e. The number of phenols is 1. The zero-order valence-electron chi connectivity index (χ0n) is 18.5. The lowest BCUT2D eigenvalue weighted by Crippen LogP contribution is -2.19. The maximum Gasteiger partial charge on any atom is 0.248 e. The monoisotopic (exact) mass is 393 g/mol. The molecule has 156 valence electrons. The highest BCUT2D eigenvalue weighted by Gasteiger charge is 2.26. The molecule has 1 aromatic carbocycles. The van der Waals surface area contributed by atoms with Crippen LogP contribution in [0.15, 0.2) is 70.9 Å². The zero-order chi connectivity index (χ0) is 21.4. The van der Waals surface area contributed by atoms with Crippen molar-refractivity contribution in [2.45, 2.75) is 66.7 Å². The predicted octanol–water partition coefficient (Wildman–Crippen LogP) is 7.09. The molecule has 2 N–H and O–H groups in total. The number of nitrogens with one attached hydrogen (secondary N) is 1. The first kappa shape index (κ1) is 22.7. The summed E-state index contributed by atoms with van der Waals surface area (Å²) in [6, 6.07) is 6.47. The Balaban J connectivity index is 1.86. The SMILES string of the molecule is CC1=C(/C=C/C(C)=C/CC/C(C)=C/C(=O)Nc2ccc(O)cc2)C(C)(C)CCC1. The molecule has 0 fully saturated rings. The molecule has 0 spiro atoms. The highest BCUT2D eigenvalue weighted by Crippen LogP contribution is 2.40. The van der Waals surface area contributed by atoms with Crippen LogP contribution in [0.5, 0.6) is 5.75 Å². The first-order valence-electron chi connectivity index (χ1n) is 10.5. The lowest BCUT2D eigenvalue weighted by Gasteiger charge is -2.32. The van der Waals surface area contributed by atoms with Gasteiger partial charge in [0, 0.05) is 11.8 Å². The number of anilines is 1. The van der Waals surface area contributed by atoms with Crippen molar-refractivity contribution in [3.8, 4) is 5.75 Å². The van der Waals surface area contributed by atoms with Crippen LogP contribution in [-0.4, -0.2) is 11.0 Å². The second-order valence-electron chi connectivity index (χ2n) is 8.78. The van der Waals surface area contributed by atoms with E-state index in [1.807, 2.05) is 6.92 Å². The van der Waals surface area contributed by atoms with Crippen molar-refractivity contribution in [1.82, 2.24) is 0 Å². The zero-order valence-corrected chi connectivity index (χ0v) is 18.5. The van der Waals surface area contributed by atoms with Gasteiger partial charge in [-0.2, -0.15) is 0 Å². The van der Waals surface area contributed by atoms with Crippen LogP contribution < -0.4 is 5.32 Å². The fourth-order valence-electron chi connectivity index (χ4n) is 3.84. The number of allylic oxidation sites excluding steroid dienone is 7. The van der Waals surface area contributed by atoms with Crippen molar-refractivity contribution in [3.63, 3.8) is 0 Å². The third-order valence-electron chi connectivity index (χ3n) is 5.57. The van der Waals surface area contributed by atoms with Gasteiger partial charge < -0.3 is 10.4 Å².